The molecule has 3 amide bonds. The number of nitrogens with one attached hydrogen (secondary N) is 1. The number of anilines is 1. The first kappa shape index (κ1) is 35.1. The number of thiophene rings is 1. The Labute approximate surface area is 320 Å². The van der Waals surface area contributed by atoms with Crippen LogP contribution in [0.2, 0.25) is 0 Å². The lowest BCUT2D eigenvalue weighted by atomic mass is 10.0. The van der Waals surface area contributed by atoms with Gasteiger partial charge in [0.15, 0.2) is 5.75 Å². The highest BCUT2D eigenvalue weighted by molar-refractivity contribution is 9.10. The zero-order valence-corrected chi connectivity index (χ0v) is 31.5. The zero-order valence-electron chi connectivity index (χ0n) is 29.1. The highest BCUT2D eigenvalue weighted by atomic mass is 79.9. The molecule has 2 saturated heterocycles. The Morgan fingerprint density at radius 2 is 1.64 bits per heavy atom. The minimum atomic E-state index is -0.598. The van der Waals surface area contributed by atoms with Gasteiger partial charge >= 0.3 is 0 Å². The summed E-state index contributed by atoms with van der Waals surface area (Å²) in [5.41, 5.74) is 3.72. The molecule has 10 nitrogen and oxygen atoms in total. The third-order valence-corrected chi connectivity index (χ3v) is 11.9. The molecule has 2 fully saturated rings. The first-order valence-electron chi connectivity index (χ1n) is 18.0. The van der Waals surface area contributed by atoms with Crippen molar-refractivity contribution in [3.05, 3.63) is 101 Å². The topological polar surface area (TPSA) is 112 Å². The molecule has 0 saturated carbocycles. The standard InChI is InChI=1S/C41H39BrN4O6S/c42-28-5-3-26(4-6-28)39-38(34-14-8-30(47)24-36(34)53-39)52-32-11-9-31(10-12-32)51-22-2-1-17-44-18-20-45(21-19-44)29-7-13-33-27(23-29)25-46(41(33)50)35-15-16-37(48)43-40(35)49/h3-14,23-24,35,47H,1-2,15-22,25H2,(H,43,48,49). The summed E-state index contributed by atoms with van der Waals surface area (Å²) in [7, 11) is 0. The third-order valence-electron chi connectivity index (χ3n) is 10.2. The lowest BCUT2D eigenvalue weighted by Crippen LogP contribution is -2.52. The number of phenolic OH excluding ortho intramolecular Hbond substituents is 1. The summed E-state index contributed by atoms with van der Waals surface area (Å²) in [4.78, 5) is 44.5. The predicted octanol–water partition coefficient (Wildman–Crippen LogP) is 7.57. The van der Waals surface area contributed by atoms with E-state index >= 15 is 0 Å². The molecule has 1 aromatic heterocycles. The van der Waals surface area contributed by atoms with Gasteiger partial charge in [-0.25, -0.2) is 0 Å². The van der Waals surface area contributed by atoms with Crippen molar-refractivity contribution in [3.8, 4) is 33.4 Å². The highest BCUT2D eigenvalue weighted by Crippen LogP contribution is 2.47. The van der Waals surface area contributed by atoms with E-state index in [0.717, 1.165) is 93.3 Å². The molecule has 12 heteroatoms. The molecule has 5 aromatic rings. The predicted molar refractivity (Wildman–Crippen MR) is 209 cm³/mol. The van der Waals surface area contributed by atoms with E-state index in [4.69, 9.17) is 9.47 Å². The van der Waals surface area contributed by atoms with Gasteiger partial charge in [0.2, 0.25) is 11.8 Å². The molecule has 0 bridgehead atoms. The van der Waals surface area contributed by atoms with Crippen LogP contribution in [0, 0.1) is 0 Å². The van der Waals surface area contributed by atoms with Crippen LogP contribution in [0.25, 0.3) is 20.5 Å². The van der Waals surface area contributed by atoms with E-state index in [1.807, 2.05) is 54.6 Å². The number of unbranched alkanes of at least 4 members (excludes halogenated alkanes) is 1. The summed E-state index contributed by atoms with van der Waals surface area (Å²) in [6, 6.07) is 26.6. The molecular weight excluding hydrogens is 756 g/mol. The van der Waals surface area contributed by atoms with E-state index in [1.54, 1.807) is 28.4 Å². The fraction of sp³-hybridized carbons (Fsp3) is 0.293. The van der Waals surface area contributed by atoms with Crippen LogP contribution in [0.1, 0.15) is 41.6 Å². The molecule has 8 rings (SSSR count). The number of hydrogen-bond donors (Lipinski definition) is 2. The molecular formula is C41H39BrN4O6S. The van der Waals surface area contributed by atoms with Gasteiger partial charge < -0.3 is 24.4 Å². The van der Waals surface area contributed by atoms with Gasteiger partial charge in [0, 0.05) is 65.0 Å². The van der Waals surface area contributed by atoms with E-state index < -0.39 is 6.04 Å². The molecule has 2 N–H and O–H groups in total. The number of ether oxygens (including phenoxy) is 2. The summed E-state index contributed by atoms with van der Waals surface area (Å²) >= 11 is 5.11. The molecule has 3 aliphatic rings. The Morgan fingerprint density at radius 3 is 2.42 bits per heavy atom. The summed E-state index contributed by atoms with van der Waals surface area (Å²) in [5, 5.41) is 13.4. The smallest absolute Gasteiger partial charge is 0.255 e. The van der Waals surface area contributed by atoms with Crippen molar-refractivity contribution in [1.29, 1.82) is 0 Å². The Hall–Kier alpha value is -4.91. The molecule has 53 heavy (non-hydrogen) atoms. The van der Waals surface area contributed by atoms with Crippen LogP contribution >= 0.6 is 27.3 Å². The molecule has 272 valence electrons. The monoisotopic (exact) mass is 794 g/mol. The Kier molecular flexibility index (Phi) is 10.1. The first-order valence-corrected chi connectivity index (χ1v) is 19.6. The van der Waals surface area contributed by atoms with Gasteiger partial charge in [0.05, 0.1) is 11.5 Å². The van der Waals surface area contributed by atoms with Crippen molar-refractivity contribution in [3.63, 3.8) is 0 Å². The van der Waals surface area contributed by atoms with E-state index in [1.165, 1.54) is 0 Å². The number of imide groups is 1. The summed E-state index contributed by atoms with van der Waals surface area (Å²) < 4.78 is 14.5. The van der Waals surface area contributed by atoms with Crippen LogP contribution < -0.4 is 19.7 Å². The first-order chi connectivity index (χ1) is 25.8. The van der Waals surface area contributed by atoms with Crippen LogP contribution in [0.15, 0.2) is 89.4 Å². The van der Waals surface area contributed by atoms with Crippen molar-refractivity contribution in [2.45, 2.75) is 38.3 Å². The zero-order chi connectivity index (χ0) is 36.5. The highest BCUT2D eigenvalue weighted by Gasteiger charge is 2.39. The fourth-order valence-electron chi connectivity index (χ4n) is 7.29. The second kappa shape index (κ2) is 15.2. The van der Waals surface area contributed by atoms with Crippen molar-refractivity contribution < 1.29 is 29.0 Å². The van der Waals surface area contributed by atoms with E-state index in [0.29, 0.717) is 30.9 Å². The third kappa shape index (κ3) is 7.62. The van der Waals surface area contributed by atoms with Crippen LogP contribution in [0.3, 0.4) is 0 Å². The Balaban J connectivity index is 0.786. The second-order valence-electron chi connectivity index (χ2n) is 13.6. The number of carbonyl (C=O) groups is 3. The van der Waals surface area contributed by atoms with Gasteiger partial charge in [0.25, 0.3) is 5.91 Å². The molecule has 0 radical (unpaired) electrons. The van der Waals surface area contributed by atoms with Crippen LogP contribution in [-0.4, -0.2) is 78.0 Å². The number of amides is 3. The summed E-state index contributed by atoms with van der Waals surface area (Å²) in [6.45, 7) is 5.77. The quantitative estimate of drug-likeness (QED) is 0.104. The average molecular weight is 796 g/mol. The van der Waals surface area contributed by atoms with Gasteiger partial charge in [-0.3, -0.25) is 24.6 Å². The number of benzene rings is 4. The van der Waals surface area contributed by atoms with E-state index in [2.05, 4.69) is 49.2 Å². The number of aromatic hydroxyl groups is 1. The van der Waals surface area contributed by atoms with Gasteiger partial charge in [-0.15, -0.1) is 11.3 Å². The van der Waals surface area contributed by atoms with Crippen LogP contribution in [0.4, 0.5) is 5.69 Å². The molecule has 0 spiro atoms. The number of nitrogens with zero attached hydrogens (tertiary/aromatic N) is 3. The number of phenols is 1. The minimum absolute atomic E-state index is 0.140. The molecule has 3 aliphatic heterocycles. The number of rotatable bonds is 11. The Morgan fingerprint density at radius 1 is 0.868 bits per heavy atom. The van der Waals surface area contributed by atoms with Crippen LogP contribution in [0.5, 0.6) is 23.0 Å². The number of hydrogen-bond acceptors (Lipinski definition) is 9. The van der Waals surface area contributed by atoms with Crippen molar-refractivity contribution in [2.24, 2.45) is 0 Å². The van der Waals surface area contributed by atoms with Gasteiger partial charge in [-0.2, -0.15) is 0 Å². The number of carbonyl (C=O) groups excluding carboxylic acids is 3. The maximum absolute atomic E-state index is 13.1. The minimum Gasteiger partial charge on any atom is -0.508 e. The van der Waals surface area contributed by atoms with E-state index in [-0.39, 0.29) is 29.9 Å². The molecule has 1 atom stereocenters. The summed E-state index contributed by atoms with van der Waals surface area (Å²) in [6.07, 6.45) is 2.61. The van der Waals surface area contributed by atoms with Crippen molar-refractivity contribution >= 4 is 60.8 Å². The normalized spacial score (nSPS) is 17.7. The van der Waals surface area contributed by atoms with E-state index in [9.17, 15) is 19.5 Å². The lowest BCUT2D eigenvalue weighted by molar-refractivity contribution is -0.136. The Bertz CT molecular complexity index is 2160. The molecule has 4 heterocycles. The molecule has 4 aromatic carbocycles. The maximum atomic E-state index is 13.1. The molecule has 1 unspecified atom stereocenters. The number of fused-ring (bicyclic) bond motifs is 2. The number of piperidine rings is 1. The van der Waals surface area contributed by atoms with Gasteiger partial charge in [-0.05, 0) is 110 Å². The fourth-order valence-corrected chi connectivity index (χ4v) is 8.72. The van der Waals surface area contributed by atoms with Crippen molar-refractivity contribution in [1.82, 2.24) is 15.1 Å². The second-order valence-corrected chi connectivity index (χ2v) is 15.6. The van der Waals surface area contributed by atoms with Crippen molar-refractivity contribution in [2.75, 3.05) is 44.2 Å². The largest absolute Gasteiger partial charge is 0.508 e. The van der Waals surface area contributed by atoms with Gasteiger partial charge in [-0.1, -0.05) is 28.1 Å². The van der Waals surface area contributed by atoms with Crippen LogP contribution in [-0.2, 0) is 16.1 Å². The lowest BCUT2D eigenvalue weighted by Gasteiger charge is -2.36. The number of halogens is 1. The number of piperazine rings is 1. The molecule has 0 aliphatic carbocycles. The van der Waals surface area contributed by atoms with Gasteiger partial charge in [0.1, 0.15) is 23.3 Å². The average Bonchev–Trinajstić information content (AvgIpc) is 3.68. The SMILES string of the molecule is O=C1CCC(N2Cc3cc(N4CCN(CCCCOc5ccc(Oc6c(-c7ccc(Br)cc7)sc7cc(O)ccc67)cc5)CC4)ccc3C2=O)C(=O)N1. The summed E-state index contributed by atoms with van der Waals surface area (Å²) in [5.74, 6) is 1.71. The maximum Gasteiger partial charge on any atom is 0.255 e.